The van der Waals surface area contributed by atoms with E-state index < -0.39 is 0 Å². The van der Waals surface area contributed by atoms with E-state index in [-0.39, 0.29) is 5.41 Å². The molecule has 102 valence electrons. The van der Waals surface area contributed by atoms with Crippen molar-refractivity contribution in [3.63, 3.8) is 0 Å². The molecule has 1 aromatic rings. The van der Waals surface area contributed by atoms with Gasteiger partial charge in [-0.1, -0.05) is 20.8 Å². The van der Waals surface area contributed by atoms with Gasteiger partial charge in [0.05, 0.1) is 6.61 Å². The van der Waals surface area contributed by atoms with Crippen LogP contribution in [0.3, 0.4) is 0 Å². The fraction of sp³-hybridized carbons (Fsp3) is 0.692. The van der Waals surface area contributed by atoms with Crippen molar-refractivity contribution in [1.29, 1.82) is 0 Å². The van der Waals surface area contributed by atoms with Gasteiger partial charge in [0.1, 0.15) is 0 Å². The molecule has 0 amide bonds. The Morgan fingerprint density at radius 1 is 1.44 bits per heavy atom. The number of anilines is 1. The number of rotatable bonds is 7. The summed E-state index contributed by atoms with van der Waals surface area (Å²) in [5.41, 5.74) is 5.78. The number of ether oxygens (including phenoxy) is 1. The average Bonchev–Trinajstić information content (AvgIpc) is 2.36. The minimum absolute atomic E-state index is 0.0401. The van der Waals surface area contributed by atoms with Gasteiger partial charge in [-0.15, -0.1) is 0 Å². The lowest BCUT2D eigenvalue weighted by Gasteiger charge is -2.29. The molecule has 0 aliphatic rings. The van der Waals surface area contributed by atoms with Crippen molar-refractivity contribution in [3.05, 3.63) is 12.3 Å². The molecule has 0 bridgehead atoms. The predicted molar refractivity (Wildman–Crippen MR) is 73.9 cm³/mol. The molecule has 0 radical (unpaired) electrons. The Hall–Kier alpha value is -1.36. The molecule has 5 nitrogen and oxygen atoms in total. The Morgan fingerprint density at radius 3 is 2.78 bits per heavy atom. The van der Waals surface area contributed by atoms with E-state index in [4.69, 9.17) is 10.5 Å². The van der Waals surface area contributed by atoms with Crippen LogP contribution in [0, 0.1) is 5.41 Å². The zero-order chi connectivity index (χ0) is 13.6. The maximum Gasteiger partial charge on any atom is 0.228 e. The van der Waals surface area contributed by atoms with E-state index in [1.165, 1.54) is 0 Å². The molecule has 0 saturated carbocycles. The first kappa shape index (κ1) is 14.7. The van der Waals surface area contributed by atoms with Crippen molar-refractivity contribution in [1.82, 2.24) is 9.97 Å². The summed E-state index contributed by atoms with van der Waals surface area (Å²) >= 11 is 0. The maximum absolute atomic E-state index is 5.74. The van der Waals surface area contributed by atoms with Crippen LogP contribution in [0.4, 0.5) is 5.95 Å². The van der Waals surface area contributed by atoms with Gasteiger partial charge in [0.2, 0.25) is 11.8 Å². The molecular formula is C13H24N4O. The van der Waals surface area contributed by atoms with Crippen molar-refractivity contribution in [2.75, 3.05) is 31.6 Å². The molecule has 0 spiro atoms. The number of nitrogens with zero attached hydrogens (tertiary/aromatic N) is 3. The number of hydrogen-bond acceptors (Lipinski definition) is 5. The first-order valence-electron chi connectivity index (χ1n) is 6.35. The summed E-state index contributed by atoms with van der Waals surface area (Å²) in [6.07, 6.45) is 2.69. The zero-order valence-corrected chi connectivity index (χ0v) is 11.8. The van der Waals surface area contributed by atoms with Gasteiger partial charge in [-0.2, -0.15) is 4.98 Å². The maximum atomic E-state index is 5.74. The summed E-state index contributed by atoms with van der Waals surface area (Å²) in [4.78, 5) is 10.6. The van der Waals surface area contributed by atoms with Crippen molar-refractivity contribution < 1.29 is 4.74 Å². The standard InChI is InChI=1S/C13H24N4O/c1-5-8-18-11-6-7-15-12(16-11)17(4)10-13(2,3)9-14/h6-7H,5,8-10,14H2,1-4H3. The molecule has 2 N–H and O–H groups in total. The van der Waals surface area contributed by atoms with Gasteiger partial charge in [-0.05, 0) is 18.4 Å². The highest BCUT2D eigenvalue weighted by Gasteiger charge is 2.19. The highest BCUT2D eigenvalue weighted by atomic mass is 16.5. The van der Waals surface area contributed by atoms with Crippen LogP contribution in [0.25, 0.3) is 0 Å². The van der Waals surface area contributed by atoms with Gasteiger partial charge >= 0.3 is 0 Å². The molecule has 0 atom stereocenters. The van der Waals surface area contributed by atoms with Crippen molar-refractivity contribution >= 4 is 5.95 Å². The second kappa shape index (κ2) is 6.54. The van der Waals surface area contributed by atoms with Crippen molar-refractivity contribution in [2.24, 2.45) is 11.1 Å². The van der Waals surface area contributed by atoms with E-state index in [0.29, 0.717) is 25.0 Å². The van der Waals surface area contributed by atoms with Crippen LogP contribution in [0.5, 0.6) is 5.88 Å². The summed E-state index contributed by atoms with van der Waals surface area (Å²) < 4.78 is 5.50. The molecule has 0 aliphatic carbocycles. The lowest BCUT2D eigenvalue weighted by Crippen LogP contribution is -2.37. The Balaban J connectivity index is 2.70. The van der Waals surface area contributed by atoms with E-state index in [1.54, 1.807) is 12.3 Å². The summed E-state index contributed by atoms with van der Waals surface area (Å²) in [5, 5.41) is 0. The summed E-state index contributed by atoms with van der Waals surface area (Å²) in [7, 11) is 1.97. The Morgan fingerprint density at radius 2 is 2.17 bits per heavy atom. The number of nitrogens with two attached hydrogens (primary N) is 1. The molecule has 1 aromatic heterocycles. The molecule has 1 rings (SSSR count). The summed E-state index contributed by atoms with van der Waals surface area (Å²) in [6.45, 7) is 8.43. The van der Waals surface area contributed by atoms with Crippen LogP contribution >= 0.6 is 0 Å². The van der Waals surface area contributed by atoms with Crippen molar-refractivity contribution in [2.45, 2.75) is 27.2 Å². The minimum Gasteiger partial charge on any atom is -0.478 e. The monoisotopic (exact) mass is 252 g/mol. The van der Waals surface area contributed by atoms with Crippen LogP contribution in [-0.2, 0) is 0 Å². The Kier molecular flexibility index (Phi) is 5.34. The molecule has 0 unspecified atom stereocenters. The normalized spacial score (nSPS) is 11.4. The number of aromatic nitrogens is 2. The Bertz CT molecular complexity index is 368. The van der Waals surface area contributed by atoms with Gasteiger partial charge < -0.3 is 15.4 Å². The van der Waals surface area contributed by atoms with Gasteiger partial charge in [0.25, 0.3) is 0 Å². The smallest absolute Gasteiger partial charge is 0.228 e. The van der Waals surface area contributed by atoms with E-state index in [2.05, 4.69) is 30.7 Å². The van der Waals surface area contributed by atoms with E-state index in [9.17, 15) is 0 Å². The third kappa shape index (κ3) is 4.49. The predicted octanol–water partition coefficient (Wildman–Crippen LogP) is 1.69. The molecule has 0 saturated heterocycles. The molecule has 0 fully saturated rings. The third-order valence-electron chi connectivity index (χ3n) is 2.63. The first-order valence-corrected chi connectivity index (χ1v) is 6.35. The lowest BCUT2D eigenvalue weighted by atomic mass is 9.93. The first-order chi connectivity index (χ1) is 8.48. The Labute approximate surface area is 109 Å². The SMILES string of the molecule is CCCOc1ccnc(N(C)CC(C)(C)CN)n1. The van der Waals surface area contributed by atoms with Gasteiger partial charge in [0, 0.05) is 25.9 Å². The third-order valence-corrected chi connectivity index (χ3v) is 2.63. The molecule has 1 heterocycles. The van der Waals surface area contributed by atoms with Crippen LogP contribution in [-0.4, -0.2) is 36.7 Å². The molecule has 5 heteroatoms. The fourth-order valence-corrected chi connectivity index (χ4v) is 1.58. The highest BCUT2D eigenvalue weighted by molar-refractivity contribution is 5.31. The van der Waals surface area contributed by atoms with Gasteiger partial charge in [-0.3, -0.25) is 0 Å². The number of hydrogen-bond donors (Lipinski definition) is 1. The second-order valence-corrected chi connectivity index (χ2v) is 5.27. The highest BCUT2D eigenvalue weighted by Crippen LogP contribution is 2.18. The molecular weight excluding hydrogens is 228 g/mol. The molecule has 18 heavy (non-hydrogen) atoms. The topological polar surface area (TPSA) is 64.3 Å². The quantitative estimate of drug-likeness (QED) is 0.800. The van der Waals surface area contributed by atoms with Crippen LogP contribution in [0.1, 0.15) is 27.2 Å². The van der Waals surface area contributed by atoms with Crippen LogP contribution < -0.4 is 15.4 Å². The molecule has 0 aromatic carbocycles. The zero-order valence-electron chi connectivity index (χ0n) is 11.8. The largest absolute Gasteiger partial charge is 0.478 e. The summed E-state index contributed by atoms with van der Waals surface area (Å²) in [5.74, 6) is 1.30. The molecule has 0 aliphatic heterocycles. The minimum atomic E-state index is 0.0401. The average molecular weight is 252 g/mol. The van der Waals surface area contributed by atoms with Gasteiger partial charge in [0.15, 0.2) is 0 Å². The second-order valence-electron chi connectivity index (χ2n) is 5.27. The van der Waals surface area contributed by atoms with Crippen molar-refractivity contribution in [3.8, 4) is 5.88 Å². The van der Waals surface area contributed by atoms with Crippen LogP contribution in [0.15, 0.2) is 12.3 Å². The van der Waals surface area contributed by atoms with E-state index in [0.717, 1.165) is 13.0 Å². The van der Waals surface area contributed by atoms with E-state index in [1.807, 2.05) is 11.9 Å². The lowest BCUT2D eigenvalue weighted by molar-refractivity contribution is 0.304. The van der Waals surface area contributed by atoms with Crippen LogP contribution in [0.2, 0.25) is 0 Å². The van der Waals surface area contributed by atoms with E-state index >= 15 is 0 Å². The summed E-state index contributed by atoms with van der Waals surface area (Å²) in [6, 6.07) is 1.78. The van der Waals surface area contributed by atoms with Gasteiger partial charge in [-0.25, -0.2) is 4.98 Å². The fourth-order valence-electron chi connectivity index (χ4n) is 1.58.